The lowest BCUT2D eigenvalue weighted by atomic mass is 10.2. The summed E-state index contributed by atoms with van der Waals surface area (Å²) in [6, 6.07) is 4.80. The Bertz CT molecular complexity index is 510. The first-order chi connectivity index (χ1) is 9.11. The molecule has 102 valence electrons. The van der Waals surface area contributed by atoms with Crippen molar-refractivity contribution in [1.82, 2.24) is 10.7 Å². The van der Waals surface area contributed by atoms with Gasteiger partial charge in [0.1, 0.15) is 0 Å². The van der Waals surface area contributed by atoms with Gasteiger partial charge in [-0.3, -0.25) is 11.2 Å². The van der Waals surface area contributed by atoms with Crippen LogP contribution in [0.5, 0.6) is 5.75 Å². The van der Waals surface area contributed by atoms with Crippen LogP contribution in [0, 0.1) is 5.82 Å². The van der Waals surface area contributed by atoms with E-state index in [1.165, 1.54) is 6.07 Å². The van der Waals surface area contributed by atoms with Crippen LogP contribution in [0.15, 0.2) is 41.6 Å². The van der Waals surface area contributed by atoms with Crippen molar-refractivity contribution in [1.29, 1.82) is 0 Å². The van der Waals surface area contributed by atoms with Gasteiger partial charge in [-0.15, -0.1) is 9.24 Å². The van der Waals surface area contributed by atoms with E-state index in [1.807, 2.05) is 19.1 Å². The molecular weight excluding hydrogens is 264 g/mol. The highest BCUT2D eigenvalue weighted by Gasteiger charge is 2.15. The topological polar surface area (TPSA) is 59.3 Å². The molecule has 4 nitrogen and oxygen atoms in total. The molecule has 2 atom stereocenters. The van der Waals surface area contributed by atoms with Crippen LogP contribution < -0.4 is 26.6 Å². The number of benzene rings is 1. The quantitative estimate of drug-likeness (QED) is 0.438. The Morgan fingerprint density at radius 3 is 3.00 bits per heavy atom. The highest BCUT2D eigenvalue weighted by atomic mass is 31.0. The predicted molar refractivity (Wildman–Crippen MR) is 77.3 cm³/mol. The van der Waals surface area contributed by atoms with Gasteiger partial charge in [0.15, 0.2) is 17.8 Å². The highest BCUT2D eigenvalue weighted by Crippen LogP contribution is 2.19. The average molecular weight is 281 g/mol. The Morgan fingerprint density at radius 1 is 1.53 bits per heavy atom. The SMILES string of the molecule is CC1=CC(Oc2c(F)cccc2P)NCC=C1NN. The summed E-state index contributed by atoms with van der Waals surface area (Å²) in [6.07, 6.45) is 3.37. The lowest BCUT2D eigenvalue weighted by molar-refractivity contribution is 0.209. The molecule has 6 heteroatoms. The summed E-state index contributed by atoms with van der Waals surface area (Å²) in [6.45, 7) is 2.50. The summed E-state index contributed by atoms with van der Waals surface area (Å²) in [7, 11) is 2.46. The van der Waals surface area contributed by atoms with Crippen molar-refractivity contribution in [3.8, 4) is 5.75 Å². The zero-order valence-electron chi connectivity index (χ0n) is 10.6. The van der Waals surface area contributed by atoms with Crippen molar-refractivity contribution in [3.05, 3.63) is 47.4 Å². The van der Waals surface area contributed by atoms with Gasteiger partial charge in [0, 0.05) is 17.5 Å². The molecule has 4 N–H and O–H groups in total. The molecule has 1 heterocycles. The zero-order chi connectivity index (χ0) is 13.8. The fourth-order valence-electron chi connectivity index (χ4n) is 1.84. The largest absolute Gasteiger partial charge is 0.468 e. The van der Waals surface area contributed by atoms with Crippen molar-refractivity contribution >= 4 is 14.5 Å². The van der Waals surface area contributed by atoms with E-state index in [-0.39, 0.29) is 11.6 Å². The molecule has 0 amide bonds. The van der Waals surface area contributed by atoms with Crippen LogP contribution in [0.1, 0.15) is 6.92 Å². The molecule has 0 saturated carbocycles. The molecule has 19 heavy (non-hydrogen) atoms. The van der Waals surface area contributed by atoms with Gasteiger partial charge in [0.2, 0.25) is 0 Å². The first kappa shape index (κ1) is 14.0. The number of para-hydroxylation sites is 1. The molecular formula is C13H17FN3OP. The standard InChI is InChI=1S/C13H17FN3OP/c1-8-7-12(16-6-5-10(8)17-15)18-13-9(14)3-2-4-11(13)19/h2-5,7,12,16-17H,6,15,19H2,1H3. The Balaban J connectivity index is 2.19. The Labute approximate surface area is 114 Å². The van der Waals surface area contributed by atoms with Gasteiger partial charge in [0.25, 0.3) is 0 Å². The molecule has 0 aromatic heterocycles. The summed E-state index contributed by atoms with van der Waals surface area (Å²) in [4.78, 5) is 0. The number of hydrazine groups is 1. The number of nitrogens with two attached hydrogens (primary N) is 1. The minimum atomic E-state index is -0.404. The molecule has 0 bridgehead atoms. The molecule has 0 fully saturated rings. The van der Waals surface area contributed by atoms with E-state index >= 15 is 0 Å². The van der Waals surface area contributed by atoms with E-state index < -0.39 is 6.23 Å². The van der Waals surface area contributed by atoms with E-state index in [2.05, 4.69) is 20.0 Å². The maximum Gasteiger partial charge on any atom is 0.170 e. The first-order valence-electron chi connectivity index (χ1n) is 5.91. The van der Waals surface area contributed by atoms with E-state index in [4.69, 9.17) is 10.6 Å². The van der Waals surface area contributed by atoms with Crippen molar-refractivity contribution < 1.29 is 9.13 Å². The number of rotatable bonds is 3. The predicted octanol–water partition coefficient (Wildman–Crippen LogP) is 0.928. The van der Waals surface area contributed by atoms with Crippen molar-refractivity contribution in [3.63, 3.8) is 0 Å². The smallest absolute Gasteiger partial charge is 0.170 e. The second-order valence-electron chi connectivity index (χ2n) is 4.22. The molecule has 2 unspecified atom stereocenters. The normalized spacial score (nSPS) is 19.3. The summed E-state index contributed by atoms with van der Waals surface area (Å²) in [5, 5.41) is 3.82. The number of hydrogen-bond donors (Lipinski definition) is 3. The number of allylic oxidation sites excluding steroid dienone is 1. The van der Waals surface area contributed by atoms with E-state index in [9.17, 15) is 4.39 Å². The Kier molecular flexibility index (Phi) is 4.53. The second kappa shape index (κ2) is 6.15. The Morgan fingerprint density at radius 2 is 2.32 bits per heavy atom. The highest BCUT2D eigenvalue weighted by molar-refractivity contribution is 7.27. The zero-order valence-corrected chi connectivity index (χ0v) is 11.8. The van der Waals surface area contributed by atoms with Crippen molar-refractivity contribution in [2.24, 2.45) is 5.84 Å². The maximum absolute atomic E-state index is 13.7. The third kappa shape index (κ3) is 3.32. The molecule has 2 rings (SSSR count). The van der Waals surface area contributed by atoms with Crippen LogP contribution in [0.2, 0.25) is 0 Å². The van der Waals surface area contributed by atoms with Crippen LogP contribution in [0.3, 0.4) is 0 Å². The van der Waals surface area contributed by atoms with Gasteiger partial charge in [0.05, 0.1) is 0 Å². The van der Waals surface area contributed by atoms with E-state index in [0.29, 0.717) is 11.8 Å². The lowest BCUT2D eigenvalue weighted by Gasteiger charge is -2.18. The van der Waals surface area contributed by atoms with Gasteiger partial charge in [-0.25, -0.2) is 4.39 Å². The number of nitrogens with one attached hydrogen (secondary N) is 2. The van der Waals surface area contributed by atoms with Crippen LogP contribution in [-0.4, -0.2) is 12.8 Å². The average Bonchev–Trinajstić information content (AvgIpc) is 2.55. The number of ether oxygens (including phenoxy) is 1. The molecule has 1 aliphatic heterocycles. The third-order valence-corrected chi connectivity index (χ3v) is 3.30. The monoisotopic (exact) mass is 281 g/mol. The summed E-state index contributed by atoms with van der Waals surface area (Å²) >= 11 is 0. The first-order valence-corrected chi connectivity index (χ1v) is 6.49. The summed E-state index contributed by atoms with van der Waals surface area (Å²) < 4.78 is 19.4. The fraction of sp³-hybridized carbons (Fsp3) is 0.231. The van der Waals surface area contributed by atoms with Crippen LogP contribution >= 0.6 is 9.24 Å². The van der Waals surface area contributed by atoms with Gasteiger partial charge in [-0.05, 0) is 30.7 Å². The van der Waals surface area contributed by atoms with Crippen molar-refractivity contribution in [2.45, 2.75) is 13.2 Å². The van der Waals surface area contributed by atoms with E-state index in [0.717, 1.165) is 11.3 Å². The van der Waals surface area contributed by atoms with Gasteiger partial charge >= 0.3 is 0 Å². The van der Waals surface area contributed by atoms with Crippen LogP contribution in [-0.2, 0) is 0 Å². The minimum absolute atomic E-state index is 0.234. The minimum Gasteiger partial charge on any atom is -0.468 e. The van der Waals surface area contributed by atoms with E-state index in [1.54, 1.807) is 12.1 Å². The van der Waals surface area contributed by atoms with Crippen molar-refractivity contribution in [2.75, 3.05) is 6.54 Å². The fourth-order valence-corrected chi connectivity index (χ4v) is 2.16. The maximum atomic E-state index is 13.7. The summed E-state index contributed by atoms with van der Waals surface area (Å²) in [5.41, 5.74) is 4.40. The molecule has 1 aromatic carbocycles. The Hall–Kier alpha value is -1.42. The molecule has 0 saturated heterocycles. The van der Waals surface area contributed by atoms with Gasteiger partial charge < -0.3 is 10.2 Å². The number of hydrogen-bond acceptors (Lipinski definition) is 4. The molecule has 0 spiro atoms. The number of halogens is 1. The second-order valence-corrected chi connectivity index (χ2v) is 4.84. The van der Waals surface area contributed by atoms with Crippen LogP contribution in [0.4, 0.5) is 4.39 Å². The third-order valence-electron chi connectivity index (χ3n) is 2.85. The molecule has 1 aliphatic rings. The lowest BCUT2D eigenvalue weighted by Crippen LogP contribution is -2.33. The van der Waals surface area contributed by atoms with Gasteiger partial charge in [-0.1, -0.05) is 12.1 Å². The summed E-state index contributed by atoms with van der Waals surface area (Å²) in [5.74, 6) is 5.27. The van der Waals surface area contributed by atoms with Gasteiger partial charge in [-0.2, -0.15) is 0 Å². The molecule has 0 aliphatic carbocycles. The molecule has 1 aromatic rings. The van der Waals surface area contributed by atoms with Crippen LogP contribution in [0.25, 0.3) is 0 Å². The molecule has 0 radical (unpaired) electrons.